The molecule has 3 heterocycles. The number of carbonyl (C=O) groups excluding carboxylic acids is 2. The Balaban J connectivity index is 1.45. The van der Waals surface area contributed by atoms with Gasteiger partial charge in [0.1, 0.15) is 5.69 Å². The fourth-order valence-corrected chi connectivity index (χ4v) is 5.08. The number of benzene rings is 2. The zero-order valence-electron chi connectivity index (χ0n) is 18.5. The molecule has 33 heavy (non-hydrogen) atoms. The molecule has 1 unspecified atom stereocenters. The van der Waals surface area contributed by atoms with Gasteiger partial charge in [0.05, 0.1) is 34.9 Å². The van der Waals surface area contributed by atoms with Gasteiger partial charge in [0.25, 0.3) is 11.8 Å². The number of nitrogens with zero attached hydrogens (tertiary/aromatic N) is 4. The maximum Gasteiger partial charge on any atom is 0.273 e. The third-order valence-electron chi connectivity index (χ3n) is 6.68. The zero-order valence-corrected chi connectivity index (χ0v) is 20.0. The monoisotopic (exact) mass is 482 g/mol. The average molecular weight is 483 g/mol. The second-order valence-corrected chi connectivity index (χ2v) is 9.51. The van der Waals surface area contributed by atoms with E-state index in [1.54, 1.807) is 23.1 Å². The van der Waals surface area contributed by atoms with Gasteiger partial charge in [-0.1, -0.05) is 53.5 Å². The lowest BCUT2D eigenvalue weighted by atomic mass is 9.97. The van der Waals surface area contributed by atoms with Crippen molar-refractivity contribution in [3.05, 3.63) is 86.7 Å². The highest BCUT2D eigenvalue weighted by Gasteiger charge is 2.38. The first-order valence-corrected chi connectivity index (χ1v) is 11.8. The maximum absolute atomic E-state index is 13.6. The minimum atomic E-state index is -0.135. The molecule has 0 bridgehead atoms. The van der Waals surface area contributed by atoms with Crippen LogP contribution in [0.1, 0.15) is 57.6 Å². The van der Waals surface area contributed by atoms with E-state index in [9.17, 15) is 9.59 Å². The van der Waals surface area contributed by atoms with Crippen molar-refractivity contribution >= 4 is 35.0 Å². The molecule has 0 radical (unpaired) electrons. The number of hydrogen-bond acceptors (Lipinski definition) is 3. The Kier molecular flexibility index (Phi) is 5.67. The first kappa shape index (κ1) is 22.0. The number of rotatable bonds is 3. The molecule has 0 aliphatic carbocycles. The summed E-state index contributed by atoms with van der Waals surface area (Å²) in [5.74, 6) is -0.174. The third-order valence-corrected chi connectivity index (χ3v) is 7.42. The number of halogens is 2. The molecule has 8 heteroatoms. The second-order valence-electron chi connectivity index (χ2n) is 8.70. The molecule has 2 atom stereocenters. The summed E-state index contributed by atoms with van der Waals surface area (Å²) in [6.45, 7) is 5.63. The normalized spacial score (nSPS) is 18.7. The lowest BCUT2D eigenvalue weighted by Gasteiger charge is -2.35. The van der Waals surface area contributed by atoms with Crippen LogP contribution < -0.4 is 0 Å². The highest BCUT2D eigenvalue weighted by Crippen LogP contribution is 2.33. The molecule has 6 nitrogen and oxygen atoms in total. The van der Waals surface area contributed by atoms with E-state index in [-0.39, 0.29) is 23.9 Å². The van der Waals surface area contributed by atoms with Crippen LogP contribution in [0.25, 0.3) is 0 Å². The quantitative estimate of drug-likeness (QED) is 0.527. The third kappa shape index (κ3) is 3.81. The minimum Gasteiger partial charge on any atom is -0.331 e. The molecule has 3 aromatic rings. The van der Waals surface area contributed by atoms with E-state index in [0.717, 1.165) is 16.8 Å². The van der Waals surface area contributed by atoms with Crippen molar-refractivity contribution in [2.45, 2.75) is 45.4 Å². The van der Waals surface area contributed by atoms with Gasteiger partial charge in [0, 0.05) is 30.1 Å². The largest absolute Gasteiger partial charge is 0.331 e. The molecule has 170 valence electrons. The highest BCUT2D eigenvalue weighted by molar-refractivity contribution is 6.42. The van der Waals surface area contributed by atoms with Gasteiger partial charge < -0.3 is 9.80 Å². The Bertz CT molecular complexity index is 1240. The molecule has 2 aliphatic heterocycles. The molecule has 0 spiro atoms. The van der Waals surface area contributed by atoms with Crippen LogP contribution in [-0.2, 0) is 19.5 Å². The van der Waals surface area contributed by atoms with E-state index >= 15 is 0 Å². The van der Waals surface area contributed by atoms with Crippen LogP contribution >= 0.6 is 23.2 Å². The van der Waals surface area contributed by atoms with Gasteiger partial charge >= 0.3 is 0 Å². The number of amides is 2. The van der Waals surface area contributed by atoms with Crippen molar-refractivity contribution < 1.29 is 9.59 Å². The van der Waals surface area contributed by atoms with Crippen LogP contribution in [0.2, 0.25) is 10.0 Å². The summed E-state index contributed by atoms with van der Waals surface area (Å²) >= 11 is 12.2. The van der Waals surface area contributed by atoms with E-state index in [4.69, 9.17) is 28.3 Å². The molecular formula is C25H24Cl2N4O2. The highest BCUT2D eigenvalue weighted by atomic mass is 35.5. The van der Waals surface area contributed by atoms with E-state index in [1.165, 1.54) is 0 Å². The van der Waals surface area contributed by atoms with Crippen molar-refractivity contribution in [1.29, 1.82) is 0 Å². The topological polar surface area (TPSA) is 58.4 Å². The molecule has 0 N–H and O–H groups in total. The van der Waals surface area contributed by atoms with Crippen molar-refractivity contribution in [2.24, 2.45) is 0 Å². The summed E-state index contributed by atoms with van der Waals surface area (Å²) < 4.78 is 1.82. The van der Waals surface area contributed by atoms with Gasteiger partial charge in [-0.05, 0) is 37.6 Å². The van der Waals surface area contributed by atoms with Crippen LogP contribution in [0.3, 0.4) is 0 Å². The molecular weight excluding hydrogens is 459 g/mol. The molecule has 1 aromatic heterocycles. The van der Waals surface area contributed by atoms with Gasteiger partial charge in [-0.2, -0.15) is 5.10 Å². The molecule has 5 rings (SSSR count). The summed E-state index contributed by atoms with van der Waals surface area (Å²) in [5.41, 5.74) is 3.91. The van der Waals surface area contributed by atoms with E-state index in [1.807, 2.05) is 53.8 Å². The summed E-state index contributed by atoms with van der Waals surface area (Å²) in [4.78, 5) is 30.6. The summed E-state index contributed by atoms with van der Waals surface area (Å²) in [6, 6.07) is 14.8. The summed E-state index contributed by atoms with van der Waals surface area (Å²) in [6.07, 6.45) is 0.601. The predicted octanol–water partition coefficient (Wildman–Crippen LogP) is 4.99. The maximum atomic E-state index is 13.6. The fraction of sp³-hybridized carbons (Fsp3) is 0.320. The second kappa shape index (κ2) is 8.50. The molecule has 2 amide bonds. The van der Waals surface area contributed by atoms with E-state index in [2.05, 4.69) is 0 Å². The minimum absolute atomic E-state index is 0.0390. The number of carbonyl (C=O) groups is 2. The first-order valence-electron chi connectivity index (χ1n) is 11.1. The van der Waals surface area contributed by atoms with E-state index < -0.39 is 0 Å². The van der Waals surface area contributed by atoms with Crippen molar-refractivity contribution in [2.75, 3.05) is 6.54 Å². The predicted molar refractivity (Wildman–Crippen MR) is 128 cm³/mol. The lowest BCUT2D eigenvalue weighted by molar-refractivity contribution is 0.0605. The van der Waals surface area contributed by atoms with Gasteiger partial charge in [-0.15, -0.1) is 0 Å². The van der Waals surface area contributed by atoms with Gasteiger partial charge in [0.15, 0.2) is 0 Å². The standard InChI is InChI=1S/C25H24Cl2N4O2/c1-15-12-22-19(14-30(15)24(32)18-8-9-20(26)21(27)13-18)23-25(33)29(10-11-31(23)28-22)16(2)17-6-4-3-5-7-17/h3-9,13,15-16H,10-12,14H2,1-2H3/t15-,16?/m1/s1. The average Bonchev–Trinajstić information content (AvgIpc) is 3.18. The molecule has 0 saturated carbocycles. The van der Waals surface area contributed by atoms with Crippen LogP contribution in [0.4, 0.5) is 0 Å². The zero-order chi connectivity index (χ0) is 23.3. The lowest BCUT2D eigenvalue weighted by Crippen LogP contribution is -2.44. The molecule has 2 aromatic carbocycles. The summed E-state index contributed by atoms with van der Waals surface area (Å²) in [5, 5.41) is 5.50. The molecule has 0 saturated heterocycles. The van der Waals surface area contributed by atoms with Crippen LogP contribution in [0, 0.1) is 0 Å². The summed E-state index contributed by atoms with van der Waals surface area (Å²) in [7, 11) is 0. The van der Waals surface area contributed by atoms with Crippen LogP contribution in [0.15, 0.2) is 48.5 Å². The smallest absolute Gasteiger partial charge is 0.273 e. The Labute approximate surface area is 202 Å². The van der Waals surface area contributed by atoms with Crippen LogP contribution in [0.5, 0.6) is 0 Å². The Morgan fingerprint density at radius 2 is 1.85 bits per heavy atom. The Morgan fingerprint density at radius 1 is 1.09 bits per heavy atom. The number of hydrogen-bond donors (Lipinski definition) is 0. The fourth-order valence-electron chi connectivity index (χ4n) is 4.78. The van der Waals surface area contributed by atoms with Crippen molar-refractivity contribution in [3.8, 4) is 0 Å². The number of aromatic nitrogens is 2. The Morgan fingerprint density at radius 3 is 2.58 bits per heavy atom. The molecule has 2 aliphatic rings. The van der Waals surface area contributed by atoms with Gasteiger partial charge in [-0.25, -0.2) is 0 Å². The number of fused-ring (bicyclic) bond motifs is 3. The van der Waals surface area contributed by atoms with Crippen LogP contribution in [-0.4, -0.2) is 44.0 Å². The SMILES string of the molecule is CC(c1ccccc1)N1CCn2nc3c(c2C1=O)CN(C(=O)c1ccc(Cl)c(Cl)c1)[C@H](C)C3. The van der Waals surface area contributed by atoms with Gasteiger partial charge in [0.2, 0.25) is 0 Å². The van der Waals surface area contributed by atoms with Gasteiger partial charge in [-0.3, -0.25) is 14.3 Å². The van der Waals surface area contributed by atoms with Crippen molar-refractivity contribution in [1.82, 2.24) is 19.6 Å². The van der Waals surface area contributed by atoms with Crippen molar-refractivity contribution in [3.63, 3.8) is 0 Å². The Hall–Kier alpha value is -2.83. The first-order chi connectivity index (χ1) is 15.8. The van der Waals surface area contributed by atoms with E-state index in [0.29, 0.717) is 47.4 Å². The molecule has 0 fully saturated rings.